The van der Waals surface area contributed by atoms with E-state index < -0.39 is 6.04 Å². The van der Waals surface area contributed by atoms with Gasteiger partial charge in [0.15, 0.2) is 0 Å². The molecule has 0 heterocycles. The summed E-state index contributed by atoms with van der Waals surface area (Å²) in [4.78, 5) is 22.2. The summed E-state index contributed by atoms with van der Waals surface area (Å²) in [6.07, 6.45) is 0.122. The van der Waals surface area contributed by atoms with E-state index in [4.69, 9.17) is 0 Å². The first-order valence-corrected chi connectivity index (χ1v) is 5.93. The van der Waals surface area contributed by atoms with E-state index in [0.29, 0.717) is 5.56 Å². The average molecular weight is 268 g/mol. The second-order valence-electron chi connectivity index (χ2n) is 4.09. The van der Waals surface area contributed by atoms with E-state index >= 15 is 0 Å². The summed E-state index contributed by atoms with van der Waals surface area (Å²) in [5.41, 5.74) is 0.622. The van der Waals surface area contributed by atoms with Crippen molar-refractivity contribution in [2.24, 2.45) is 0 Å². The van der Waals surface area contributed by atoms with Crippen LogP contribution in [0.1, 0.15) is 24.9 Å². The Morgan fingerprint density at radius 3 is 2.47 bits per heavy atom. The molecule has 0 saturated carbocycles. The number of nitrogens with one attached hydrogen (secondary N) is 2. The van der Waals surface area contributed by atoms with Crippen LogP contribution in [-0.2, 0) is 9.59 Å². The van der Waals surface area contributed by atoms with Crippen LogP contribution < -0.4 is 10.6 Å². The van der Waals surface area contributed by atoms with Crippen LogP contribution in [0.4, 0.5) is 4.39 Å². The molecule has 5 nitrogen and oxygen atoms in total. The molecule has 2 amide bonds. The number of halogens is 1. The minimum Gasteiger partial charge on any atom is -0.394 e. The number of aliphatic hydroxyl groups is 1. The Hall–Kier alpha value is -1.95. The van der Waals surface area contributed by atoms with Gasteiger partial charge in [-0.05, 0) is 17.7 Å². The number of benzene rings is 1. The highest BCUT2D eigenvalue weighted by molar-refractivity contribution is 5.78. The van der Waals surface area contributed by atoms with Crippen LogP contribution in [0.2, 0.25) is 0 Å². The molecule has 104 valence electrons. The Morgan fingerprint density at radius 2 is 1.95 bits per heavy atom. The van der Waals surface area contributed by atoms with E-state index in [1.165, 1.54) is 31.2 Å². The average Bonchev–Trinajstić information content (AvgIpc) is 2.36. The predicted molar refractivity (Wildman–Crippen MR) is 67.7 cm³/mol. The van der Waals surface area contributed by atoms with Crippen LogP contribution in [0.3, 0.4) is 0 Å². The number of carbonyl (C=O) groups is 2. The van der Waals surface area contributed by atoms with Gasteiger partial charge in [-0.15, -0.1) is 0 Å². The molecular weight excluding hydrogens is 251 g/mol. The summed E-state index contributed by atoms with van der Waals surface area (Å²) >= 11 is 0. The summed E-state index contributed by atoms with van der Waals surface area (Å²) in [6, 6.07) is 4.96. The van der Waals surface area contributed by atoms with Crippen LogP contribution in [0.25, 0.3) is 0 Å². The molecule has 1 aromatic carbocycles. The standard InChI is InChI=1S/C13H17FN2O3/c1-9(18)15-7-6-13(19)16-12(8-17)10-2-4-11(14)5-3-10/h2-5,12,17H,6-8H2,1H3,(H,15,18)(H,16,19)/t12-/m0/s1. The van der Waals surface area contributed by atoms with Crippen molar-refractivity contribution < 1.29 is 19.1 Å². The smallest absolute Gasteiger partial charge is 0.222 e. The summed E-state index contributed by atoms with van der Waals surface area (Å²) in [6.45, 7) is 1.33. The molecule has 0 saturated heterocycles. The number of rotatable bonds is 6. The lowest BCUT2D eigenvalue weighted by atomic mass is 10.1. The van der Waals surface area contributed by atoms with E-state index in [0.717, 1.165) is 0 Å². The van der Waals surface area contributed by atoms with E-state index in [1.807, 2.05) is 0 Å². The van der Waals surface area contributed by atoms with Crippen molar-refractivity contribution in [2.75, 3.05) is 13.2 Å². The molecule has 0 fully saturated rings. The Bertz CT molecular complexity index is 434. The van der Waals surface area contributed by atoms with Gasteiger partial charge in [0.2, 0.25) is 11.8 Å². The Kier molecular flexibility index (Phi) is 5.95. The molecule has 19 heavy (non-hydrogen) atoms. The minimum absolute atomic E-state index is 0.122. The molecule has 0 unspecified atom stereocenters. The second-order valence-corrected chi connectivity index (χ2v) is 4.09. The van der Waals surface area contributed by atoms with Gasteiger partial charge < -0.3 is 15.7 Å². The first-order valence-electron chi connectivity index (χ1n) is 5.93. The Morgan fingerprint density at radius 1 is 1.32 bits per heavy atom. The van der Waals surface area contributed by atoms with Crippen molar-refractivity contribution in [3.63, 3.8) is 0 Å². The second kappa shape index (κ2) is 7.48. The monoisotopic (exact) mass is 268 g/mol. The largest absolute Gasteiger partial charge is 0.394 e. The van der Waals surface area contributed by atoms with E-state index in [2.05, 4.69) is 10.6 Å². The molecule has 0 bridgehead atoms. The zero-order valence-corrected chi connectivity index (χ0v) is 10.6. The van der Waals surface area contributed by atoms with Gasteiger partial charge >= 0.3 is 0 Å². The third-order valence-corrected chi connectivity index (χ3v) is 2.52. The minimum atomic E-state index is -0.578. The van der Waals surface area contributed by atoms with Crippen molar-refractivity contribution in [2.45, 2.75) is 19.4 Å². The van der Waals surface area contributed by atoms with Gasteiger partial charge in [-0.25, -0.2) is 4.39 Å². The third-order valence-electron chi connectivity index (χ3n) is 2.52. The normalized spacial score (nSPS) is 11.7. The molecule has 1 rings (SSSR count). The molecule has 0 aliphatic heterocycles. The number of hydrogen-bond acceptors (Lipinski definition) is 3. The van der Waals surface area contributed by atoms with Crippen LogP contribution in [0.15, 0.2) is 24.3 Å². The summed E-state index contributed by atoms with van der Waals surface area (Å²) in [5.74, 6) is -0.875. The highest BCUT2D eigenvalue weighted by Crippen LogP contribution is 2.13. The molecular formula is C13H17FN2O3. The maximum absolute atomic E-state index is 12.8. The van der Waals surface area contributed by atoms with Gasteiger partial charge in [-0.2, -0.15) is 0 Å². The van der Waals surface area contributed by atoms with E-state index in [9.17, 15) is 19.1 Å². The molecule has 0 aliphatic carbocycles. The van der Waals surface area contributed by atoms with Crippen molar-refractivity contribution in [1.82, 2.24) is 10.6 Å². The lowest BCUT2D eigenvalue weighted by molar-refractivity contribution is -0.122. The fraction of sp³-hybridized carbons (Fsp3) is 0.385. The van der Waals surface area contributed by atoms with Crippen LogP contribution in [0.5, 0.6) is 0 Å². The highest BCUT2D eigenvalue weighted by Gasteiger charge is 2.13. The molecule has 3 N–H and O–H groups in total. The zero-order chi connectivity index (χ0) is 14.3. The molecule has 1 atom stereocenters. The molecule has 0 spiro atoms. The van der Waals surface area contributed by atoms with Gasteiger partial charge in [0.25, 0.3) is 0 Å². The zero-order valence-electron chi connectivity index (χ0n) is 10.6. The van der Waals surface area contributed by atoms with Gasteiger partial charge in [-0.1, -0.05) is 12.1 Å². The van der Waals surface area contributed by atoms with Crippen molar-refractivity contribution in [3.05, 3.63) is 35.6 Å². The maximum atomic E-state index is 12.8. The SMILES string of the molecule is CC(=O)NCCC(=O)N[C@@H](CO)c1ccc(F)cc1. The molecule has 6 heteroatoms. The number of carbonyl (C=O) groups excluding carboxylic acids is 2. The lowest BCUT2D eigenvalue weighted by Gasteiger charge is -2.16. The van der Waals surface area contributed by atoms with E-state index in [1.54, 1.807) is 0 Å². The van der Waals surface area contributed by atoms with Crippen molar-refractivity contribution >= 4 is 11.8 Å². The topological polar surface area (TPSA) is 78.4 Å². The van der Waals surface area contributed by atoms with Crippen molar-refractivity contribution in [3.8, 4) is 0 Å². The highest BCUT2D eigenvalue weighted by atomic mass is 19.1. The Balaban J connectivity index is 2.50. The van der Waals surface area contributed by atoms with Crippen molar-refractivity contribution in [1.29, 1.82) is 0 Å². The first kappa shape index (κ1) is 15.1. The quantitative estimate of drug-likeness (QED) is 0.703. The molecule has 0 radical (unpaired) electrons. The number of aliphatic hydroxyl groups excluding tert-OH is 1. The summed E-state index contributed by atoms with van der Waals surface area (Å²) in [5, 5.41) is 14.3. The predicted octanol–water partition coefficient (Wildman–Crippen LogP) is 0.502. The Labute approximate surface area is 110 Å². The summed E-state index contributed by atoms with van der Waals surface area (Å²) in [7, 11) is 0. The van der Waals surface area contributed by atoms with Crippen LogP contribution in [0, 0.1) is 5.82 Å². The van der Waals surface area contributed by atoms with Gasteiger partial charge in [-0.3, -0.25) is 9.59 Å². The first-order chi connectivity index (χ1) is 9.02. The molecule has 0 aliphatic rings. The third kappa shape index (κ3) is 5.48. The molecule has 0 aromatic heterocycles. The van der Waals surface area contributed by atoms with Gasteiger partial charge in [0.1, 0.15) is 5.82 Å². The van der Waals surface area contributed by atoms with Gasteiger partial charge in [0.05, 0.1) is 12.6 Å². The number of hydrogen-bond donors (Lipinski definition) is 3. The fourth-order valence-electron chi connectivity index (χ4n) is 1.55. The number of amides is 2. The van der Waals surface area contributed by atoms with Crippen LogP contribution in [-0.4, -0.2) is 30.1 Å². The lowest BCUT2D eigenvalue weighted by Crippen LogP contribution is -2.33. The van der Waals surface area contributed by atoms with Crippen LogP contribution >= 0.6 is 0 Å². The fourth-order valence-corrected chi connectivity index (χ4v) is 1.55. The maximum Gasteiger partial charge on any atom is 0.222 e. The molecule has 1 aromatic rings. The van der Waals surface area contributed by atoms with E-state index in [-0.39, 0.29) is 37.2 Å². The van der Waals surface area contributed by atoms with Gasteiger partial charge in [0, 0.05) is 19.9 Å². The summed E-state index contributed by atoms with van der Waals surface area (Å²) < 4.78 is 12.8.